The summed E-state index contributed by atoms with van der Waals surface area (Å²) in [5.74, 6) is 2.55. The van der Waals surface area contributed by atoms with Crippen LogP contribution < -0.4 is 14.8 Å². The average Bonchev–Trinajstić information content (AvgIpc) is 3.47. The van der Waals surface area contributed by atoms with Crippen molar-refractivity contribution in [1.82, 2.24) is 14.8 Å². The molecule has 1 N–H and O–H groups in total. The van der Waals surface area contributed by atoms with Crippen LogP contribution in [0.1, 0.15) is 12.0 Å². The van der Waals surface area contributed by atoms with Crippen molar-refractivity contribution >= 4 is 35.0 Å². The number of fused-ring (bicyclic) bond motifs is 1. The third kappa shape index (κ3) is 5.18. The maximum Gasteiger partial charge on any atom is 0.231 e. The molecule has 1 amide bonds. The number of rotatable bonds is 8. The van der Waals surface area contributed by atoms with Gasteiger partial charge in [0.2, 0.25) is 12.7 Å². The van der Waals surface area contributed by atoms with E-state index in [2.05, 4.69) is 32.2 Å². The van der Waals surface area contributed by atoms with Crippen LogP contribution in [0.4, 0.5) is 5.69 Å². The second kappa shape index (κ2) is 10.2. The molecule has 172 valence electrons. The van der Waals surface area contributed by atoms with E-state index in [-0.39, 0.29) is 12.7 Å². The third-order valence-electron chi connectivity index (χ3n) is 5.22. The van der Waals surface area contributed by atoms with Gasteiger partial charge in [0.25, 0.3) is 0 Å². The highest BCUT2D eigenvalue weighted by Gasteiger charge is 2.17. The van der Waals surface area contributed by atoms with Gasteiger partial charge in [0, 0.05) is 34.5 Å². The Kier molecular flexibility index (Phi) is 6.69. The van der Waals surface area contributed by atoms with E-state index in [9.17, 15) is 4.79 Å². The lowest BCUT2D eigenvalue weighted by Crippen LogP contribution is -2.12. The average molecular weight is 493 g/mol. The molecule has 0 fully saturated rings. The van der Waals surface area contributed by atoms with Crippen LogP contribution in [0.3, 0.4) is 0 Å². The molecule has 1 aliphatic heterocycles. The standard InChI is InChI=1S/C25H21ClN4O3S/c26-19-8-6-18(7-9-19)24-28-29-25(30(24)15-17-4-2-1-3-5-17)34-13-12-23(31)27-20-10-11-21-22(14-20)33-16-32-21/h1-11,14H,12-13,15-16H2,(H,27,31). The lowest BCUT2D eigenvalue weighted by Gasteiger charge is -2.11. The number of anilines is 1. The number of nitrogens with zero attached hydrogens (tertiary/aromatic N) is 3. The van der Waals surface area contributed by atoms with Crippen LogP contribution in [-0.2, 0) is 11.3 Å². The van der Waals surface area contributed by atoms with Crippen LogP contribution in [-0.4, -0.2) is 33.2 Å². The van der Waals surface area contributed by atoms with Crippen molar-refractivity contribution in [3.63, 3.8) is 0 Å². The van der Waals surface area contributed by atoms with E-state index in [1.807, 2.05) is 42.5 Å². The highest BCUT2D eigenvalue weighted by molar-refractivity contribution is 7.99. The lowest BCUT2D eigenvalue weighted by molar-refractivity contribution is -0.115. The van der Waals surface area contributed by atoms with E-state index in [1.54, 1.807) is 18.2 Å². The summed E-state index contributed by atoms with van der Waals surface area (Å²) in [5.41, 5.74) is 2.75. The predicted molar refractivity (Wildman–Crippen MR) is 133 cm³/mol. The van der Waals surface area contributed by atoms with Gasteiger partial charge in [-0.3, -0.25) is 9.36 Å². The predicted octanol–water partition coefficient (Wildman–Crippen LogP) is 5.50. The fourth-order valence-corrected chi connectivity index (χ4v) is 4.55. The van der Waals surface area contributed by atoms with Crippen molar-refractivity contribution in [3.05, 3.63) is 83.4 Å². The van der Waals surface area contributed by atoms with Crippen molar-refractivity contribution in [1.29, 1.82) is 0 Å². The van der Waals surface area contributed by atoms with E-state index < -0.39 is 0 Å². The first-order chi connectivity index (χ1) is 16.7. The smallest absolute Gasteiger partial charge is 0.231 e. The van der Waals surface area contributed by atoms with Gasteiger partial charge in [-0.15, -0.1) is 10.2 Å². The van der Waals surface area contributed by atoms with Crippen molar-refractivity contribution in [2.45, 2.75) is 18.1 Å². The third-order valence-corrected chi connectivity index (χ3v) is 6.44. The Balaban J connectivity index is 1.27. The van der Waals surface area contributed by atoms with Crippen molar-refractivity contribution in [2.24, 2.45) is 0 Å². The molecule has 2 heterocycles. The summed E-state index contributed by atoms with van der Waals surface area (Å²) in [7, 11) is 0. The zero-order valence-corrected chi connectivity index (χ0v) is 19.7. The number of carbonyl (C=O) groups is 1. The topological polar surface area (TPSA) is 78.3 Å². The quantitative estimate of drug-likeness (QED) is 0.327. The summed E-state index contributed by atoms with van der Waals surface area (Å²) in [6.45, 7) is 0.822. The number of hydrogen-bond acceptors (Lipinski definition) is 6. The number of amides is 1. The van der Waals surface area contributed by atoms with E-state index in [1.165, 1.54) is 11.8 Å². The van der Waals surface area contributed by atoms with Crippen molar-refractivity contribution in [3.8, 4) is 22.9 Å². The number of thioether (sulfide) groups is 1. The van der Waals surface area contributed by atoms with Gasteiger partial charge in [-0.2, -0.15) is 0 Å². The molecule has 3 aromatic carbocycles. The maximum absolute atomic E-state index is 12.5. The summed E-state index contributed by atoms with van der Waals surface area (Å²) < 4.78 is 12.7. The fourth-order valence-electron chi connectivity index (χ4n) is 3.55. The molecule has 4 aromatic rings. The van der Waals surface area contributed by atoms with Crippen LogP contribution in [0.25, 0.3) is 11.4 Å². The summed E-state index contributed by atoms with van der Waals surface area (Å²) in [5, 5.41) is 13.2. The first-order valence-electron chi connectivity index (χ1n) is 10.7. The van der Waals surface area contributed by atoms with Gasteiger partial charge in [0.1, 0.15) is 0 Å². The molecule has 1 aliphatic rings. The van der Waals surface area contributed by atoms with Gasteiger partial charge in [-0.05, 0) is 42.0 Å². The molecule has 7 nitrogen and oxygen atoms in total. The highest BCUT2D eigenvalue weighted by atomic mass is 35.5. The SMILES string of the molecule is O=C(CCSc1nnc(-c2ccc(Cl)cc2)n1Cc1ccccc1)Nc1ccc2c(c1)OCO2. The molecule has 0 radical (unpaired) electrons. The number of benzene rings is 3. The number of hydrogen-bond donors (Lipinski definition) is 1. The minimum Gasteiger partial charge on any atom is -0.454 e. The first kappa shape index (κ1) is 22.3. The van der Waals surface area contributed by atoms with Gasteiger partial charge in [0.05, 0.1) is 6.54 Å². The molecular formula is C25H21ClN4O3S. The molecule has 0 saturated heterocycles. The Bertz CT molecular complexity index is 1300. The Morgan fingerprint density at radius 2 is 1.79 bits per heavy atom. The molecule has 34 heavy (non-hydrogen) atoms. The Morgan fingerprint density at radius 1 is 1.00 bits per heavy atom. The summed E-state index contributed by atoms with van der Waals surface area (Å²) in [6, 6.07) is 23.0. The summed E-state index contributed by atoms with van der Waals surface area (Å²) in [6.07, 6.45) is 0.327. The van der Waals surface area contributed by atoms with Crippen molar-refractivity contribution in [2.75, 3.05) is 17.9 Å². The molecule has 5 rings (SSSR count). The van der Waals surface area contributed by atoms with Crippen LogP contribution >= 0.6 is 23.4 Å². The van der Waals surface area contributed by atoms with E-state index in [4.69, 9.17) is 21.1 Å². The van der Waals surface area contributed by atoms with E-state index >= 15 is 0 Å². The second-order valence-corrected chi connectivity index (χ2v) is 9.10. The number of ether oxygens (including phenoxy) is 2. The largest absolute Gasteiger partial charge is 0.454 e. The van der Waals surface area contributed by atoms with Gasteiger partial charge in [0.15, 0.2) is 22.5 Å². The molecule has 0 unspecified atom stereocenters. The monoisotopic (exact) mass is 492 g/mol. The normalized spacial score (nSPS) is 12.0. The van der Waals surface area contributed by atoms with Gasteiger partial charge in [-0.1, -0.05) is 53.7 Å². The number of carbonyl (C=O) groups excluding carboxylic acids is 1. The minimum absolute atomic E-state index is 0.0848. The van der Waals surface area contributed by atoms with Crippen molar-refractivity contribution < 1.29 is 14.3 Å². The first-order valence-corrected chi connectivity index (χ1v) is 12.1. The second-order valence-electron chi connectivity index (χ2n) is 7.60. The van der Waals surface area contributed by atoms with Crippen LogP contribution in [0.5, 0.6) is 11.5 Å². The lowest BCUT2D eigenvalue weighted by atomic mass is 10.2. The molecule has 0 atom stereocenters. The Hall–Kier alpha value is -3.49. The molecule has 9 heteroatoms. The summed E-state index contributed by atoms with van der Waals surface area (Å²) >= 11 is 7.56. The zero-order valence-electron chi connectivity index (χ0n) is 18.1. The zero-order chi connectivity index (χ0) is 23.3. The van der Waals surface area contributed by atoms with Gasteiger partial charge >= 0.3 is 0 Å². The van der Waals surface area contributed by atoms with Crippen LogP contribution in [0, 0.1) is 0 Å². The summed E-state index contributed by atoms with van der Waals surface area (Å²) in [4.78, 5) is 12.5. The molecule has 0 aliphatic carbocycles. The molecule has 0 spiro atoms. The number of nitrogens with one attached hydrogen (secondary N) is 1. The maximum atomic E-state index is 12.5. The number of aromatic nitrogens is 3. The molecule has 1 aromatic heterocycles. The number of halogens is 1. The fraction of sp³-hybridized carbons (Fsp3) is 0.160. The van der Waals surface area contributed by atoms with E-state index in [0.717, 1.165) is 22.1 Å². The Morgan fingerprint density at radius 3 is 2.62 bits per heavy atom. The highest BCUT2D eigenvalue weighted by Crippen LogP contribution is 2.34. The van der Waals surface area contributed by atoms with Crippen LogP contribution in [0.2, 0.25) is 5.02 Å². The van der Waals surface area contributed by atoms with Gasteiger partial charge in [-0.25, -0.2) is 0 Å². The van der Waals surface area contributed by atoms with Gasteiger partial charge < -0.3 is 14.8 Å². The van der Waals surface area contributed by atoms with E-state index in [0.29, 0.717) is 40.9 Å². The Labute approximate surface area is 206 Å². The van der Waals surface area contributed by atoms with Crippen LogP contribution in [0.15, 0.2) is 78.0 Å². The minimum atomic E-state index is -0.0848. The molecule has 0 bridgehead atoms. The molecule has 0 saturated carbocycles. The molecular weight excluding hydrogens is 472 g/mol.